The van der Waals surface area contributed by atoms with Crippen molar-refractivity contribution < 1.29 is 9.47 Å². The highest BCUT2D eigenvalue weighted by atomic mass is 16.5. The summed E-state index contributed by atoms with van der Waals surface area (Å²) in [6, 6.07) is 0. The molecule has 2 bridgehead atoms. The van der Waals surface area contributed by atoms with E-state index in [1.165, 1.54) is 0 Å². The Morgan fingerprint density at radius 2 is 2.50 bits per heavy atom. The minimum absolute atomic E-state index is 0.352. The summed E-state index contributed by atoms with van der Waals surface area (Å²) in [5.41, 5.74) is 0. The van der Waals surface area contributed by atoms with Crippen LogP contribution in [-0.4, -0.2) is 25.9 Å². The molecule has 0 aromatic rings. The smallest absolute Gasteiger partial charge is 0.0816 e. The Morgan fingerprint density at radius 1 is 1.60 bits per heavy atom. The third-order valence-electron chi connectivity index (χ3n) is 2.23. The number of ether oxygens (including phenoxy) is 2. The first-order valence-corrected chi connectivity index (χ1v) is 3.73. The van der Waals surface area contributed by atoms with Crippen molar-refractivity contribution in [2.75, 3.05) is 13.7 Å². The van der Waals surface area contributed by atoms with E-state index in [9.17, 15) is 0 Å². The molecule has 10 heavy (non-hydrogen) atoms. The molecule has 0 amide bonds. The molecule has 1 saturated heterocycles. The first-order chi connectivity index (χ1) is 4.90. The molecule has 0 saturated carbocycles. The number of rotatable bonds is 2. The number of hydrogen-bond acceptors (Lipinski definition) is 2. The van der Waals surface area contributed by atoms with E-state index < -0.39 is 0 Å². The molecule has 0 radical (unpaired) electrons. The van der Waals surface area contributed by atoms with Gasteiger partial charge < -0.3 is 9.47 Å². The first kappa shape index (κ1) is 6.38. The van der Waals surface area contributed by atoms with E-state index >= 15 is 0 Å². The van der Waals surface area contributed by atoms with Gasteiger partial charge in [-0.3, -0.25) is 0 Å². The fourth-order valence-corrected chi connectivity index (χ4v) is 1.74. The SMILES string of the molecule is COCC1CC2C=CC1O2. The zero-order chi connectivity index (χ0) is 6.97. The standard InChI is InChI=1S/C8H12O2/c1-9-5-6-4-7-2-3-8(6)10-7/h2-3,6-8H,4-5H2,1H3. The molecular formula is C8H12O2. The van der Waals surface area contributed by atoms with E-state index in [2.05, 4.69) is 12.2 Å². The molecule has 0 aliphatic carbocycles. The Kier molecular flexibility index (Phi) is 1.51. The summed E-state index contributed by atoms with van der Waals surface area (Å²) in [5.74, 6) is 0.611. The fraction of sp³-hybridized carbons (Fsp3) is 0.750. The Bertz CT molecular complexity index is 153. The molecule has 0 N–H and O–H groups in total. The van der Waals surface area contributed by atoms with Crippen LogP contribution in [0.15, 0.2) is 12.2 Å². The van der Waals surface area contributed by atoms with E-state index in [1.54, 1.807) is 7.11 Å². The second kappa shape index (κ2) is 2.36. The van der Waals surface area contributed by atoms with Gasteiger partial charge in [0.15, 0.2) is 0 Å². The summed E-state index contributed by atoms with van der Waals surface area (Å²) in [4.78, 5) is 0. The normalized spacial score (nSPS) is 43.1. The van der Waals surface area contributed by atoms with E-state index in [0.717, 1.165) is 13.0 Å². The van der Waals surface area contributed by atoms with Gasteiger partial charge in [-0.1, -0.05) is 12.2 Å². The van der Waals surface area contributed by atoms with Crippen molar-refractivity contribution in [1.82, 2.24) is 0 Å². The fourth-order valence-electron chi connectivity index (χ4n) is 1.74. The van der Waals surface area contributed by atoms with Gasteiger partial charge in [0.2, 0.25) is 0 Å². The van der Waals surface area contributed by atoms with Crippen LogP contribution in [0.2, 0.25) is 0 Å². The third kappa shape index (κ3) is 0.879. The lowest BCUT2D eigenvalue weighted by atomic mass is 9.95. The Hall–Kier alpha value is -0.340. The van der Waals surface area contributed by atoms with Gasteiger partial charge in [0.25, 0.3) is 0 Å². The van der Waals surface area contributed by atoms with Crippen molar-refractivity contribution in [2.24, 2.45) is 5.92 Å². The van der Waals surface area contributed by atoms with Crippen LogP contribution >= 0.6 is 0 Å². The van der Waals surface area contributed by atoms with Crippen molar-refractivity contribution in [3.8, 4) is 0 Å². The molecule has 2 nitrogen and oxygen atoms in total. The molecule has 3 unspecified atom stereocenters. The molecule has 2 heterocycles. The summed E-state index contributed by atoms with van der Waals surface area (Å²) in [7, 11) is 1.75. The maximum Gasteiger partial charge on any atom is 0.0816 e. The van der Waals surface area contributed by atoms with Gasteiger partial charge in [0.05, 0.1) is 18.8 Å². The van der Waals surface area contributed by atoms with Gasteiger partial charge in [0.1, 0.15) is 0 Å². The predicted octanol–water partition coefficient (Wildman–Crippen LogP) is 0.976. The maximum absolute atomic E-state index is 5.55. The second-order valence-electron chi connectivity index (χ2n) is 2.98. The number of hydrogen-bond donors (Lipinski definition) is 0. The van der Waals surface area contributed by atoms with Gasteiger partial charge in [-0.15, -0.1) is 0 Å². The molecule has 2 aliphatic heterocycles. The summed E-state index contributed by atoms with van der Waals surface area (Å²) < 4.78 is 10.6. The van der Waals surface area contributed by atoms with Gasteiger partial charge >= 0.3 is 0 Å². The molecular weight excluding hydrogens is 128 g/mol. The Balaban J connectivity index is 1.96. The summed E-state index contributed by atoms with van der Waals surface area (Å²) in [6.45, 7) is 0.839. The van der Waals surface area contributed by atoms with E-state index in [0.29, 0.717) is 18.1 Å². The molecule has 1 fully saturated rings. The van der Waals surface area contributed by atoms with Crippen molar-refractivity contribution in [3.63, 3.8) is 0 Å². The highest BCUT2D eigenvalue weighted by Crippen LogP contribution is 2.33. The summed E-state index contributed by atoms with van der Waals surface area (Å²) in [5, 5.41) is 0. The van der Waals surface area contributed by atoms with Crippen LogP contribution in [0.3, 0.4) is 0 Å². The maximum atomic E-state index is 5.55. The Morgan fingerprint density at radius 3 is 3.00 bits per heavy atom. The van der Waals surface area contributed by atoms with Gasteiger partial charge in [0, 0.05) is 13.0 Å². The highest BCUT2D eigenvalue weighted by Gasteiger charge is 2.36. The van der Waals surface area contributed by atoms with Crippen LogP contribution < -0.4 is 0 Å². The highest BCUT2D eigenvalue weighted by molar-refractivity contribution is 5.10. The largest absolute Gasteiger partial charge is 0.384 e. The van der Waals surface area contributed by atoms with Gasteiger partial charge in [-0.05, 0) is 6.42 Å². The zero-order valence-corrected chi connectivity index (χ0v) is 6.12. The van der Waals surface area contributed by atoms with E-state index in [1.807, 2.05) is 0 Å². The lowest BCUT2D eigenvalue weighted by Gasteiger charge is -2.12. The van der Waals surface area contributed by atoms with Crippen molar-refractivity contribution in [1.29, 1.82) is 0 Å². The summed E-state index contributed by atoms with van der Waals surface area (Å²) in [6.07, 6.45) is 6.19. The van der Waals surface area contributed by atoms with Crippen molar-refractivity contribution in [2.45, 2.75) is 18.6 Å². The quantitative estimate of drug-likeness (QED) is 0.532. The lowest BCUT2D eigenvalue weighted by Crippen LogP contribution is -2.17. The average molecular weight is 140 g/mol. The topological polar surface area (TPSA) is 18.5 Å². The molecule has 0 aromatic heterocycles. The molecule has 2 heteroatoms. The van der Waals surface area contributed by atoms with Crippen molar-refractivity contribution in [3.05, 3.63) is 12.2 Å². The first-order valence-electron chi connectivity index (χ1n) is 3.73. The molecule has 56 valence electrons. The molecule has 3 atom stereocenters. The average Bonchev–Trinajstić information content (AvgIpc) is 2.48. The zero-order valence-electron chi connectivity index (χ0n) is 6.12. The monoisotopic (exact) mass is 140 g/mol. The Labute approximate surface area is 60.8 Å². The molecule has 2 rings (SSSR count). The molecule has 2 aliphatic rings. The summed E-state index contributed by atoms with van der Waals surface area (Å²) >= 11 is 0. The van der Waals surface area contributed by atoms with E-state index in [4.69, 9.17) is 9.47 Å². The van der Waals surface area contributed by atoms with Gasteiger partial charge in [-0.2, -0.15) is 0 Å². The minimum Gasteiger partial charge on any atom is -0.384 e. The molecule has 0 aromatic carbocycles. The van der Waals surface area contributed by atoms with E-state index in [-0.39, 0.29) is 0 Å². The molecule has 0 spiro atoms. The lowest BCUT2D eigenvalue weighted by molar-refractivity contribution is 0.0826. The third-order valence-corrected chi connectivity index (χ3v) is 2.23. The van der Waals surface area contributed by atoms with Gasteiger partial charge in [-0.25, -0.2) is 0 Å². The second-order valence-corrected chi connectivity index (χ2v) is 2.98. The van der Waals surface area contributed by atoms with Crippen LogP contribution in [0.4, 0.5) is 0 Å². The van der Waals surface area contributed by atoms with Crippen LogP contribution in [0.5, 0.6) is 0 Å². The van der Waals surface area contributed by atoms with Crippen molar-refractivity contribution >= 4 is 0 Å². The number of fused-ring (bicyclic) bond motifs is 2. The van der Waals surface area contributed by atoms with Crippen LogP contribution in [0, 0.1) is 5.92 Å². The van der Waals surface area contributed by atoms with Crippen LogP contribution in [-0.2, 0) is 9.47 Å². The van der Waals surface area contributed by atoms with Crippen LogP contribution in [0.1, 0.15) is 6.42 Å². The predicted molar refractivity (Wildman–Crippen MR) is 37.8 cm³/mol. The van der Waals surface area contributed by atoms with Crippen LogP contribution in [0.25, 0.3) is 0 Å². The minimum atomic E-state index is 0.352. The number of methoxy groups -OCH3 is 1.